The lowest BCUT2D eigenvalue weighted by Crippen LogP contribution is -2.44. The molecule has 244 valence electrons. The summed E-state index contributed by atoms with van der Waals surface area (Å²) in [4.78, 5) is 13.5. The average Bonchev–Trinajstić information content (AvgIpc) is 3.69. The third-order valence-electron chi connectivity index (χ3n) is 8.91. The van der Waals surface area contributed by atoms with Gasteiger partial charge in [0, 0.05) is 5.56 Å². The van der Waals surface area contributed by atoms with Gasteiger partial charge in [0.05, 0.1) is 13.4 Å². The van der Waals surface area contributed by atoms with Gasteiger partial charge in [-0.1, -0.05) is 66.7 Å². The van der Waals surface area contributed by atoms with Crippen molar-refractivity contribution in [2.75, 3.05) is 13.7 Å². The van der Waals surface area contributed by atoms with Crippen molar-refractivity contribution in [1.29, 1.82) is 0 Å². The van der Waals surface area contributed by atoms with Crippen LogP contribution in [-0.4, -0.2) is 77.9 Å². The topological polar surface area (TPSA) is 152 Å². The molecule has 1 aliphatic heterocycles. The lowest BCUT2D eigenvalue weighted by molar-refractivity contribution is -0.226. The molecule has 0 amide bonds. The number of rotatable bonds is 9. The summed E-state index contributed by atoms with van der Waals surface area (Å²) in [5.74, 6) is -2.77. The zero-order chi connectivity index (χ0) is 32.9. The van der Waals surface area contributed by atoms with Crippen LogP contribution in [0.3, 0.4) is 0 Å². The van der Waals surface area contributed by atoms with Crippen molar-refractivity contribution < 1.29 is 43.4 Å². The SMILES string of the molecule is COc1nc(-c2ccccc2)nc2c1ncn2[C@@H]1O[C@H](COc2cccc(CC[C@@]3(O)c4ccccc4[C@@H](O)C3(F)F)c2)[C@@H](O)[C@H]1O. The molecular formula is C34H32F2N4O7. The average molecular weight is 647 g/mol. The van der Waals surface area contributed by atoms with Crippen LogP contribution in [0.15, 0.2) is 85.2 Å². The second kappa shape index (κ2) is 11.9. The number of fused-ring (bicyclic) bond motifs is 2. The van der Waals surface area contributed by atoms with Crippen molar-refractivity contribution in [2.24, 2.45) is 0 Å². The molecule has 3 aromatic carbocycles. The third kappa shape index (κ3) is 5.20. The Morgan fingerprint density at radius 1 is 0.936 bits per heavy atom. The fourth-order valence-corrected chi connectivity index (χ4v) is 6.34. The molecule has 7 rings (SSSR count). The van der Waals surface area contributed by atoms with Gasteiger partial charge in [-0.3, -0.25) is 4.57 Å². The Kier molecular flexibility index (Phi) is 7.89. The zero-order valence-electron chi connectivity index (χ0n) is 25.1. The summed E-state index contributed by atoms with van der Waals surface area (Å²) in [5.41, 5.74) is -0.463. The van der Waals surface area contributed by atoms with Crippen molar-refractivity contribution in [3.63, 3.8) is 0 Å². The Morgan fingerprint density at radius 2 is 1.70 bits per heavy atom. The molecule has 47 heavy (non-hydrogen) atoms. The predicted octanol–water partition coefficient (Wildman–Crippen LogP) is 3.70. The quantitative estimate of drug-likeness (QED) is 0.187. The second-order valence-corrected chi connectivity index (χ2v) is 11.7. The van der Waals surface area contributed by atoms with Crippen LogP contribution in [0.2, 0.25) is 0 Å². The molecule has 0 spiro atoms. The molecule has 2 aromatic heterocycles. The molecule has 11 nitrogen and oxygen atoms in total. The zero-order valence-corrected chi connectivity index (χ0v) is 25.1. The number of aliphatic hydroxyl groups is 4. The number of halogens is 2. The predicted molar refractivity (Wildman–Crippen MR) is 164 cm³/mol. The van der Waals surface area contributed by atoms with Gasteiger partial charge in [0.15, 0.2) is 28.8 Å². The first kappa shape index (κ1) is 31.1. The molecule has 0 unspecified atom stereocenters. The molecule has 1 fully saturated rings. The molecule has 2 aliphatic rings. The van der Waals surface area contributed by atoms with Crippen LogP contribution in [0.1, 0.15) is 35.4 Å². The number of benzene rings is 3. The van der Waals surface area contributed by atoms with E-state index >= 15 is 8.78 Å². The maximum atomic E-state index is 15.1. The Morgan fingerprint density at radius 3 is 2.49 bits per heavy atom. The van der Waals surface area contributed by atoms with Crippen molar-refractivity contribution in [3.8, 4) is 23.0 Å². The van der Waals surface area contributed by atoms with Crippen LogP contribution in [0.5, 0.6) is 11.6 Å². The van der Waals surface area contributed by atoms with E-state index < -0.39 is 42.2 Å². The Labute approximate surface area is 267 Å². The highest BCUT2D eigenvalue weighted by Gasteiger charge is 2.64. The fourth-order valence-electron chi connectivity index (χ4n) is 6.34. The maximum absolute atomic E-state index is 15.1. The fraction of sp³-hybridized carbons (Fsp3) is 0.324. The van der Waals surface area contributed by atoms with E-state index in [4.69, 9.17) is 14.2 Å². The number of ether oxygens (including phenoxy) is 3. The van der Waals surface area contributed by atoms with E-state index in [1.54, 1.807) is 36.4 Å². The molecule has 13 heteroatoms. The van der Waals surface area contributed by atoms with E-state index in [-0.39, 0.29) is 36.5 Å². The van der Waals surface area contributed by atoms with Crippen molar-refractivity contribution >= 4 is 11.2 Å². The molecule has 5 aromatic rings. The van der Waals surface area contributed by atoms with Crippen LogP contribution in [-0.2, 0) is 16.8 Å². The molecule has 0 radical (unpaired) electrons. The monoisotopic (exact) mass is 646 g/mol. The van der Waals surface area contributed by atoms with E-state index in [2.05, 4.69) is 15.0 Å². The van der Waals surface area contributed by atoms with Crippen molar-refractivity contribution in [3.05, 3.63) is 102 Å². The summed E-state index contributed by atoms with van der Waals surface area (Å²) in [7, 11) is 1.47. The lowest BCUT2D eigenvalue weighted by Gasteiger charge is -2.32. The molecule has 3 heterocycles. The second-order valence-electron chi connectivity index (χ2n) is 11.7. The van der Waals surface area contributed by atoms with E-state index in [0.29, 0.717) is 28.3 Å². The summed E-state index contributed by atoms with van der Waals surface area (Å²) < 4.78 is 49.1. The van der Waals surface area contributed by atoms with E-state index in [1.165, 1.54) is 30.1 Å². The smallest absolute Gasteiger partial charge is 0.309 e. The number of aromatic nitrogens is 4. The number of alkyl halides is 2. The first-order valence-corrected chi connectivity index (χ1v) is 15.1. The van der Waals surface area contributed by atoms with Gasteiger partial charge in [0.2, 0.25) is 5.88 Å². The van der Waals surface area contributed by atoms with Crippen LogP contribution in [0, 0.1) is 0 Å². The third-order valence-corrected chi connectivity index (χ3v) is 8.91. The maximum Gasteiger partial charge on any atom is 0.309 e. The van der Waals surface area contributed by atoms with E-state index in [1.807, 2.05) is 30.3 Å². The van der Waals surface area contributed by atoms with Gasteiger partial charge in [-0.15, -0.1) is 0 Å². The van der Waals surface area contributed by atoms with Crippen molar-refractivity contribution in [1.82, 2.24) is 19.5 Å². The Balaban J connectivity index is 1.05. The highest BCUT2D eigenvalue weighted by molar-refractivity contribution is 5.79. The van der Waals surface area contributed by atoms with Crippen LogP contribution in [0.4, 0.5) is 8.78 Å². The molecule has 4 N–H and O–H groups in total. The summed E-state index contributed by atoms with van der Waals surface area (Å²) in [5, 5.41) is 43.2. The summed E-state index contributed by atoms with van der Waals surface area (Å²) in [6, 6.07) is 21.9. The largest absolute Gasteiger partial charge is 0.491 e. The highest BCUT2D eigenvalue weighted by atomic mass is 19.3. The van der Waals surface area contributed by atoms with E-state index in [0.717, 1.165) is 5.56 Å². The standard InChI is InChI=1S/C34H32F2N4O7/c1-45-31-25-30(38-29(39-31)20-9-3-2-4-10-20)40(18-37-25)32-27(42)26(41)24(47-32)17-46-21-11-7-8-19(16-21)14-15-33(44)23-13-6-5-12-22(23)28(43)34(33,35)36/h2-13,16,18,24,26-28,32,41-44H,14-15,17H2,1H3/t24-,26-,27-,28-,32-,33-/m1/s1. The lowest BCUT2D eigenvalue weighted by atomic mass is 9.86. The molecule has 1 saturated heterocycles. The summed E-state index contributed by atoms with van der Waals surface area (Å²) in [6.45, 7) is -0.139. The molecule has 0 saturated carbocycles. The molecular weight excluding hydrogens is 614 g/mol. The number of imidazole rings is 1. The van der Waals surface area contributed by atoms with Gasteiger partial charge in [0.25, 0.3) is 0 Å². The number of aliphatic hydroxyl groups excluding tert-OH is 3. The van der Waals surface area contributed by atoms with Gasteiger partial charge in [0.1, 0.15) is 36.8 Å². The minimum atomic E-state index is -3.76. The molecule has 1 aliphatic carbocycles. The van der Waals surface area contributed by atoms with Gasteiger partial charge in [-0.25, -0.2) is 9.97 Å². The normalized spacial score (nSPS) is 26.4. The number of hydrogen-bond donors (Lipinski definition) is 4. The minimum Gasteiger partial charge on any atom is -0.491 e. The summed E-state index contributed by atoms with van der Waals surface area (Å²) >= 11 is 0. The van der Waals surface area contributed by atoms with E-state index in [9.17, 15) is 20.4 Å². The number of nitrogens with zero attached hydrogens (tertiary/aromatic N) is 4. The first-order valence-electron chi connectivity index (χ1n) is 15.1. The van der Waals surface area contributed by atoms with Gasteiger partial charge in [-0.05, 0) is 41.7 Å². The van der Waals surface area contributed by atoms with Crippen LogP contribution < -0.4 is 9.47 Å². The molecule has 6 atom stereocenters. The van der Waals surface area contributed by atoms with Gasteiger partial charge >= 0.3 is 5.92 Å². The van der Waals surface area contributed by atoms with Crippen LogP contribution in [0.25, 0.3) is 22.6 Å². The number of methoxy groups -OCH3 is 1. The Bertz CT molecular complexity index is 1910. The highest BCUT2D eigenvalue weighted by Crippen LogP contribution is 2.56. The van der Waals surface area contributed by atoms with Gasteiger partial charge in [-0.2, -0.15) is 13.8 Å². The first-order chi connectivity index (χ1) is 22.6. The number of aryl methyl sites for hydroxylation is 1. The molecule has 0 bridgehead atoms. The summed E-state index contributed by atoms with van der Waals surface area (Å²) in [6.07, 6.45) is -5.59. The van der Waals surface area contributed by atoms with Crippen LogP contribution >= 0.6 is 0 Å². The number of hydrogen-bond acceptors (Lipinski definition) is 10. The minimum absolute atomic E-state index is 0.0113. The van der Waals surface area contributed by atoms with Crippen molar-refractivity contribution in [2.45, 2.75) is 55.0 Å². The van der Waals surface area contributed by atoms with Gasteiger partial charge < -0.3 is 34.6 Å². The Hall–Kier alpha value is -4.53.